The number of esters is 1. The first-order valence-corrected chi connectivity index (χ1v) is 5.94. The molecule has 1 aliphatic rings. The standard InChI is InChI=1S/C12H23NO2/c1-10(2)4-7-15-11(14)8-12(9-13)5-3-6-12/h10H,3-9,13H2,1-2H3. The maximum absolute atomic E-state index is 11.5. The van der Waals surface area contributed by atoms with E-state index in [4.69, 9.17) is 10.5 Å². The van der Waals surface area contributed by atoms with Crippen LogP contribution in [-0.4, -0.2) is 19.1 Å². The summed E-state index contributed by atoms with van der Waals surface area (Å²) in [6, 6.07) is 0. The lowest BCUT2D eigenvalue weighted by Gasteiger charge is -2.40. The van der Waals surface area contributed by atoms with Crippen molar-refractivity contribution < 1.29 is 9.53 Å². The van der Waals surface area contributed by atoms with E-state index in [1.54, 1.807) is 0 Å². The molecule has 0 aromatic carbocycles. The van der Waals surface area contributed by atoms with Gasteiger partial charge in [0.2, 0.25) is 0 Å². The van der Waals surface area contributed by atoms with E-state index in [0.29, 0.717) is 25.5 Å². The Hall–Kier alpha value is -0.570. The van der Waals surface area contributed by atoms with Crippen molar-refractivity contribution in [3.8, 4) is 0 Å². The Bertz CT molecular complexity index is 204. The van der Waals surface area contributed by atoms with Crippen LogP contribution in [0.1, 0.15) is 46.0 Å². The van der Waals surface area contributed by atoms with Gasteiger partial charge in [0.1, 0.15) is 0 Å². The highest BCUT2D eigenvalue weighted by molar-refractivity contribution is 5.70. The van der Waals surface area contributed by atoms with E-state index in [1.807, 2.05) is 0 Å². The number of carbonyl (C=O) groups excluding carboxylic acids is 1. The van der Waals surface area contributed by atoms with E-state index >= 15 is 0 Å². The fourth-order valence-corrected chi connectivity index (χ4v) is 1.90. The zero-order valence-corrected chi connectivity index (χ0v) is 9.92. The average molecular weight is 213 g/mol. The Morgan fingerprint density at radius 3 is 2.53 bits per heavy atom. The average Bonchev–Trinajstić information content (AvgIpc) is 2.11. The van der Waals surface area contributed by atoms with Crippen LogP contribution in [0.5, 0.6) is 0 Å². The fraction of sp³-hybridized carbons (Fsp3) is 0.917. The number of nitrogens with two attached hydrogens (primary N) is 1. The zero-order chi connectivity index (χ0) is 11.3. The molecule has 0 atom stereocenters. The van der Waals surface area contributed by atoms with E-state index in [-0.39, 0.29) is 11.4 Å². The van der Waals surface area contributed by atoms with E-state index in [0.717, 1.165) is 19.3 Å². The predicted octanol–water partition coefficient (Wildman–Crippen LogP) is 2.09. The lowest BCUT2D eigenvalue weighted by Crippen LogP contribution is -2.39. The van der Waals surface area contributed by atoms with Crippen molar-refractivity contribution in [1.29, 1.82) is 0 Å². The first-order valence-electron chi connectivity index (χ1n) is 5.94. The Kier molecular flexibility index (Phi) is 4.58. The van der Waals surface area contributed by atoms with Gasteiger partial charge in [0.15, 0.2) is 0 Å². The summed E-state index contributed by atoms with van der Waals surface area (Å²) in [5.41, 5.74) is 5.76. The Morgan fingerprint density at radius 1 is 1.47 bits per heavy atom. The molecule has 1 rings (SSSR count). The van der Waals surface area contributed by atoms with Crippen LogP contribution < -0.4 is 5.73 Å². The largest absolute Gasteiger partial charge is 0.466 e. The summed E-state index contributed by atoms with van der Waals surface area (Å²) in [4.78, 5) is 11.5. The minimum absolute atomic E-state index is 0.0687. The van der Waals surface area contributed by atoms with E-state index in [2.05, 4.69) is 13.8 Å². The van der Waals surface area contributed by atoms with Crippen molar-refractivity contribution in [3.63, 3.8) is 0 Å². The minimum Gasteiger partial charge on any atom is -0.466 e. The van der Waals surface area contributed by atoms with Gasteiger partial charge in [-0.2, -0.15) is 0 Å². The summed E-state index contributed by atoms with van der Waals surface area (Å²) in [5, 5.41) is 0. The quantitative estimate of drug-likeness (QED) is 0.687. The molecular weight excluding hydrogens is 190 g/mol. The fourth-order valence-electron chi connectivity index (χ4n) is 1.90. The van der Waals surface area contributed by atoms with Crippen molar-refractivity contribution >= 4 is 5.97 Å². The number of hydrogen-bond donors (Lipinski definition) is 1. The van der Waals surface area contributed by atoms with Crippen LogP contribution >= 0.6 is 0 Å². The van der Waals surface area contributed by atoms with Crippen LogP contribution in [0.15, 0.2) is 0 Å². The van der Waals surface area contributed by atoms with Crippen molar-refractivity contribution in [2.45, 2.75) is 46.0 Å². The molecule has 1 saturated carbocycles. The SMILES string of the molecule is CC(C)CCOC(=O)CC1(CN)CCC1. The Labute approximate surface area is 92.4 Å². The third-order valence-electron chi connectivity index (χ3n) is 3.32. The van der Waals surface area contributed by atoms with Gasteiger partial charge < -0.3 is 10.5 Å². The van der Waals surface area contributed by atoms with Gasteiger partial charge in [0.25, 0.3) is 0 Å². The number of rotatable bonds is 6. The second-order valence-electron chi connectivity index (χ2n) is 5.14. The molecule has 1 fully saturated rings. The molecule has 3 heteroatoms. The van der Waals surface area contributed by atoms with Crippen molar-refractivity contribution in [1.82, 2.24) is 0 Å². The molecule has 3 nitrogen and oxygen atoms in total. The molecule has 0 aromatic rings. The molecule has 0 unspecified atom stereocenters. The summed E-state index contributed by atoms with van der Waals surface area (Å²) in [5.74, 6) is 0.519. The summed E-state index contributed by atoms with van der Waals surface area (Å²) in [6.45, 7) is 5.42. The number of ether oxygens (including phenoxy) is 1. The first-order chi connectivity index (χ1) is 7.08. The summed E-state index contributed by atoms with van der Waals surface area (Å²) in [7, 11) is 0. The molecule has 0 radical (unpaired) electrons. The van der Waals surface area contributed by atoms with Crippen molar-refractivity contribution in [3.05, 3.63) is 0 Å². The monoisotopic (exact) mass is 213 g/mol. The van der Waals surface area contributed by atoms with Gasteiger partial charge >= 0.3 is 5.97 Å². The van der Waals surface area contributed by atoms with E-state index < -0.39 is 0 Å². The van der Waals surface area contributed by atoms with Crippen LogP contribution in [0.4, 0.5) is 0 Å². The van der Waals surface area contributed by atoms with Gasteiger partial charge in [-0.05, 0) is 37.1 Å². The Balaban J connectivity index is 2.17. The molecule has 1 aliphatic carbocycles. The molecule has 0 saturated heterocycles. The molecule has 0 aliphatic heterocycles. The highest BCUT2D eigenvalue weighted by atomic mass is 16.5. The number of hydrogen-bond acceptors (Lipinski definition) is 3. The van der Waals surface area contributed by atoms with Crippen LogP contribution in [0.2, 0.25) is 0 Å². The van der Waals surface area contributed by atoms with Crippen LogP contribution in [0, 0.1) is 11.3 Å². The maximum Gasteiger partial charge on any atom is 0.306 e. The normalized spacial score (nSPS) is 18.7. The van der Waals surface area contributed by atoms with E-state index in [1.165, 1.54) is 6.42 Å². The summed E-state index contributed by atoms with van der Waals surface area (Å²) < 4.78 is 5.19. The van der Waals surface area contributed by atoms with Gasteiger partial charge in [0, 0.05) is 0 Å². The molecule has 0 aromatic heterocycles. The second kappa shape index (κ2) is 5.50. The lowest BCUT2D eigenvalue weighted by atomic mass is 9.67. The topological polar surface area (TPSA) is 52.3 Å². The smallest absolute Gasteiger partial charge is 0.306 e. The van der Waals surface area contributed by atoms with Crippen molar-refractivity contribution in [2.24, 2.45) is 17.1 Å². The minimum atomic E-state index is -0.0687. The molecule has 0 bridgehead atoms. The lowest BCUT2D eigenvalue weighted by molar-refractivity contribution is -0.148. The Morgan fingerprint density at radius 2 is 2.13 bits per heavy atom. The van der Waals surface area contributed by atoms with Crippen LogP contribution in [0.3, 0.4) is 0 Å². The molecular formula is C12H23NO2. The highest BCUT2D eigenvalue weighted by Gasteiger charge is 2.37. The molecule has 88 valence electrons. The first kappa shape index (κ1) is 12.5. The molecule has 0 spiro atoms. The van der Waals surface area contributed by atoms with Gasteiger partial charge in [-0.1, -0.05) is 20.3 Å². The molecule has 0 heterocycles. The van der Waals surface area contributed by atoms with Crippen LogP contribution in [0.25, 0.3) is 0 Å². The summed E-state index contributed by atoms with van der Waals surface area (Å²) >= 11 is 0. The predicted molar refractivity (Wildman–Crippen MR) is 60.4 cm³/mol. The highest BCUT2D eigenvalue weighted by Crippen LogP contribution is 2.43. The molecule has 15 heavy (non-hydrogen) atoms. The molecule has 0 amide bonds. The van der Waals surface area contributed by atoms with Gasteiger partial charge in [-0.25, -0.2) is 0 Å². The summed E-state index contributed by atoms with van der Waals surface area (Å²) in [6.07, 6.45) is 4.84. The second-order valence-corrected chi connectivity index (χ2v) is 5.14. The molecule has 2 N–H and O–H groups in total. The van der Waals surface area contributed by atoms with Gasteiger partial charge in [0.05, 0.1) is 13.0 Å². The third kappa shape index (κ3) is 3.82. The third-order valence-corrected chi connectivity index (χ3v) is 3.32. The maximum atomic E-state index is 11.5. The van der Waals surface area contributed by atoms with Gasteiger partial charge in [-0.3, -0.25) is 4.79 Å². The van der Waals surface area contributed by atoms with E-state index in [9.17, 15) is 4.79 Å². The van der Waals surface area contributed by atoms with Gasteiger partial charge in [-0.15, -0.1) is 0 Å². The number of carbonyl (C=O) groups is 1. The zero-order valence-electron chi connectivity index (χ0n) is 9.92. The van der Waals surface area contributed by atoms with Crippen molar-refractivity contribution in [2.75, 3.05) is 13.2 Å². The van der Waals surface area contributed by atoms with Crippen LogP contribution in [-0.2, 0) is 9.53 Å².